The summed E-state index contributed by atoms with van der Waals surface area (Å²) in [5, 5.41) is 7.28. The van der Waals surface area contributed by atoms with Gasteiger partial charge in [0.15, 0.2) is 0 Å². The monoisotopic (exact) mass is 290 g/mol. The number of hydrogen-bond acceptors (Lipinski definition) is 3. The number of rotatable bonds is 4. The molecule has 6 heteroatoms. The maximum atomic E-state index is 12.4. The Bertz CT molecular complexity index is 548. The molecule has 0 radical (unpaired) electrons. The minimum absolute atomic E-state index is 0.0236. The third-order valence-electron chi connectivity index (χ3n) is 3.96. The third kappa shape index (κ3) is 3.09. The molecule has 2 heterocycles. The molecule has 1 aliphatic carbocycles. The van der Waals surface area contributed by atoms with Crippen molar-refractivity contribution in [3.8, 4) is 0 Å². The lowest BCUT2D eigenvalue weighted by atomic mass is 10.1. The van der Waals surface area contributed by atoms with Gasteiger partial charge in [0, 0.05) is 18.7 Å². The van der Waals surface area contributed by atoms with Crippen molar-refractivity contribution < 1.29 is 9.59 Å². The number of aromatic nitrogens is 2. The predicted molar refractivity (Wildman–Crippen MR) is 77.3 cm³/mol. The Morgan fingerprint density at radius 1 is 1.43 bits per heavy atom. The molecular formula is C15H22N4O2. The topological polar surface area (TPSA) is 67.2 Å². The Morgan fingerprint density at radius 3 is 2.86 bits per heavy atom. The van der Waals surface area contributed by atoms with Crippen LogP contribution >= 0.6 is 0 Å². The van der Waals surface area contributed by atoms with E-state index in [-0.39, 0.29) is 11.8 Å². The summed E-state index contributed by atoms with van der Waals surface area (Å²) in [5.74, 6) is 0.411. The highest BCUT2D eigenvalue weighted by molar-refractivity contribution is 5.83. The molecule has 1 aromatic rings. The van der Waals surface area contributed by atoms with Gasteiger partial charge in [-0.05, 0) is 24.8 Å². The van der Waals surface area contributed by atoms with Gasteiger partial charge in [0.25, 0.3) is 0 Å². The average Bonchev–Trinajstić information content (AvgIpc) is 3.11. The molecule has 1 aliphatic heterocycles. The van der Waals surface area contributed by atoms with Gasteiger partial charge in [-0.2, -0.15) is 5.10 Å². The van der Waals surface area contributed by atoms with Gasteiger partial charge in [0.2, 0.25) is 11.8 Å². The number of nitrogens with one attached hydrogen (secondary N) is 1. The fourth-order valence-electron chi connectivity index (χ4n) is 2.68. The number of carbonyl (C=O) groups excluding carboxylic acids is 2. The molecular weight excluding hydrogens is 268 g/mol. The van der Waals surface area contributed by atoms with Gasteiger partial charge >= 0.3 is 0 Å². The minimum atomic E-state index is -0.402. The van der Waals surface area contributed by atoms with E-state index < -0.39 is 6.04 Å². The van der Waals surface area contributed by atoms with Crippen molar-refractivity contribution in [1.82, 2.24) is 20.0 Å². The van der Waals surface area contributed by atoms with Crippen LogP contribution in [0.3, 0.4) is 0 Å². The van der Waals surface area contributed by atoms with Gasteiger partial charge in [0.1, 0.15) is 6.04 Å². The largest absolute Gasteiger partial charge is 0.351 e. The van der Waals surface area contributed by atoms with Gasteiger partial charge in [-0.1, -0.05) is 13.8 Å². The number of fused-ring (bicyclic) bond motifs is 1. The Balaban J connectivity index is 1.76. The van der Waals surface area contributed by atoms with Crippen LogP contribution in [0.1, 0.15) is 44.8 Å². The Labute approximate surface area is 124 Å². The molecule has 1 fully saturated rings. The summed E-state index contributed by atoms with van der Waals surface area (Å²) in [7, 11) is 0. The van der Waals surface area contributed by atoms with E-state index in [2.05, 4.69) is 10.4 Å². The lowest BCUT2D eigenvalue weighted by Crippen LogP contribution is -2.47. The molecule has 2 aliphatic rings. The quantitative estimate of drug-likeness (QED) is 0.902. The summed E-state index contributed by atoms with van der Waals surface area (Å²) < 4.78 is 1.76. The molecule has 114 valence electrons. The maximum absolute atomic E-state index is 12.4. The van der Waals surface area contributed by atoms with E-state index in [1.807, 2.05) is 19.9 Å². The summed E-state index contributed by atoms with van der Waals surface area (Å²) in [5.41, 5.74) is 0.925. The van der Waals surface area contributed by atoms with Crippen LogP contribution < -0.4 is 5.32 Å². The highest BCUT2D eigenvalue weighted by Crippen LogP contribution is 2.24. The smallest absolute Gasteiger partial charge is 0.246 e. The summed E-state index contributed by atoms with van der Waals surface area (Å²) in [4.78, 5) is 26.5. The molecule has 1 unspecified atom stereocenters. The molecule has 0 bridgehead atoms. The van der Waals surface area contributed by atoms with E-state index >= 15 is 0 Å². The lowest BCUT2D eigenvalue weighted by Gasteiger charge is -2.33. The van der Waals surface area contributed by atoms with Crippen LogP contribution in [-0.4, -0.2) is 39.1 Å². The van der Waals surface area contributed by atoms with Crippen LogP contribution in [0.15, 0.2) is 12.3 Å². The first kappa shape index (κ1) is 14.1. The molecule has 0 saturated heterocycles. The number of carbonyl (C=O) groups is 2. The fourth-order valence-corrected chi connectivity index (χ4v) is 2.68. The van der Waals surface area contributed by atoms with E-state index in [0.29, 0.717) is 31.5 Å². The van der Waals surface area contributed by atoms with E-state index in [0.717, 1.165) is 18.5 Å². The van der Waals surface area contributed by atoms with Crippen LogP contribution in [0.2, 0.25) is 0 Å². The van der Waals surface area contributed by atoms with Crippen molar-refractivity contribution in [3.05, 3.63) is 18.0 Å². The molecule has 21 heavy (non-hydrogen) atoms. The SMILES string of the molecule is CC(C)CC(=O)N1Cc2ccnn2C(C(=O)NC2CC2)C1. The second-order valence-corrected chi connectivity index (χ2v) is 6.44. The Kier molecular flexibility index (Phi) is 3.69. The van der Waals surface area contributed by atoms with Crippen molar-refractivity contribution in [3.63, 3.8) is 0 Å². The normalized spacial score (nSPS) is 21.3. The van der Waals surface area contributed by atoms with E-state index in [1.54, 1.807) is 15.8 Å². The zero-order chi connectivity index (χ0) is 15.0. The molecule has 1 aromatic heterocycles. The lowest BCUT2D eigenvalue weighted by molar-refractivity contribution is -0.136. The van der Waals surface area contributed by atoms with E-state index in [1.165, 1.54) is 0 Å². The number of hydrogen-bond donors (Lipinski definition) is 1. The van der Waals surface area contributed by atoms with Crippen LogP contribution in [-0.2, 0) is 16.1 Å². The highest BCUT2D eigenvalue weighted by Gasteiger charge is 2.35. The molecule has 1 N–H and O–H groups in total. The fraction of sp³-hybridized carbons (Fsp3) is 0.667. The number of nitrogens with zero attached hydrogens (tertiary/aromatic N) is 3. The first-order valence-corrected chi connectivity index (χ1v) is 7.65. The van der Waals surface area contributed by atoms with Crippen LogP contribution in [0.4, 0.5) is 0 Å². The van der Waals surface area contributed by atoms with Gasteiger partial charge in [-0.3, -0.25) is 14.3 Å². The van der Waals surface area contributed by atoms with Gasteiger partial charge in [-0.15, -0.1) is 0 Å². The molecule has 1 saturated carbocycles. The molecule has 0 spiro atoms. The first-order valence-electron chi connectivity index (χ1n) is 7.65. The number of amides is 2. The molecule has 6 nitrogen and oxygen atoms in total. The van der Waals surface area contributed by atoms with Gasteiger partial charge in [-0.25, -0.2) is 0 Å². The summed E-state index contributed by atoms with van der Waals surface area (Å²) in [6.07, 6.45) is 4.33. The van der Waals surface area contributed by atoms with E-state index in [9.17, 15) is 9.59 Å². The molecule has 0 aromatic carbocycles. The second kappa shape index (κ2) is 5.50. The summed E-state index contributed by atoms with van der Waals surface area (Å²) >= 11 is 0. The second-order valence-electron chi connectivity index (χ2n) is 6.44. The standard InChI is InChI=1S/C15H22N4O2/c1-10(2)7-14(20)18-8-12-5-6-16-19(12)13(9-18)15(21)17-11-3-4-11/h5-6,10-11,13H,3-4,7-9H2,1-2H3,(H,17,21). The minimum Gasteiger partial charge on any atom is -0.351 e. The van der Waals surface area contributed by atoms with Crippen molar-refractivity contribution in [2.45, 2.75) is 51.7 Å². The Hall–Kier alpha value is -1.85. The van der Waals surface area contributed by atoms with Gasteiger partial charge in [0.05, 0.1) is 18.8 Å². The van der Waals surface area contributed by atoms with Crippen molar-refractivity contribution in [1.29, 1.82) is 0 Å². The van der Waals surface area contributed by atoms with Crippen molar-refractivity contribution >= 4 is 11.8 Å². The van der Waals surface area contributed by atoms with Crippen molar-refractivity contribution in [2.24, 2.45) is 5.92 Å². The molecule has 1 atom stereocenters. The summed E-state index contributed by atoms with van der Waals surface area (Å²) in [6, 6.07) is 1.80. The van der Waals surface area contributed by atoms with Crippen LogP contribution in [0, 0.1) is 5.92 Å². The van der Waals surface area contributed by atoms with Gasteiger partial charge < -0.3 is 10.2 Å². The first-order chi connectivity index (χ1) is 10.0. The molecule has 2 amide bonds. The van der Waals surface area contributed by atoms with Crippen molar-refractivity contribution in [2.75, 3.05) is 6.54 Å². The third-order valence-corrected chi connectivity index (χ3v) is 3.96. The van der Waals surface area contributed by atoms with Crippen LogP contribution in [0.25, 0.3) is 0 Å². The zero-order valence-corrected chi connectivity index (χ0v) is 12.6. The average molecular weight is 290 g/mol. The Morgan fingerprint density at radius 2 is 2.19 bits per heavy atom. The highest BCUT2D eigenvalue weighted by atomic mass is 16.2. The predicted octanol–water partition coefficient (Wildman–Crippen LogP) is 1.09. The molecule has 3 rings (SSSR count). The van der Waals surface area contributed by atoms with E-state index in [4.69, 9.17) is 0 Å². The van der Waals surface area contributed by atoms with Crippen LogP contribution in [0.5, 0.6) is 0 Å². The summed E-state index contributed by atoms with van der Waals surface area (Å²) in [6.45, 7) is 5.02. The maximum Gasteiger partial charge on any atom is 0.246 e. The zero-order valence-electron chi connectivity index (χ0n) is 12.6.